The summed E-state index contributed by atoms with van der Waals surface area (Å²) in [5, 5.41) is 11.5. The zero-order valence-electron chi connectivity index (χ0n) is 19.3. The topological polar surface area (TPSA) is 69.9 Å². The average molecular weight is 479 g/mol. The van der Waals surface area contributed by atoms with Crippen molar-refractivity contribution in [3.8, 4) is 0 Å². The number of likely N-dealkylation sites (N-methyl/N-ethyl adjacent to an activating group) is 1. The Balaban J connectivity index is 1.71. The number of nitro groups is 1. The van der Waals surface area contributed by atoms with Crippen molar-refractivity contribution >= 4 is 17.3 Å². The Morgan fingerprint density at radius 1 is 1.09 bits per heavy atom. The number of carbonyl (C=O) groups excluding carboxylic acids is 1. The zero-order valence-corrected chi connectivity index (χ0v) is 19.3. The number of nitrogens with zero attached hydrogens (tertiary/aromatic N) is 4. The second kappa shape index (κ2) is 10.9. The van der Waals surface area contributed by atoms with Gasteiger partial charge in [0.1, 0.15) is 5.69 Å². The normalized spacial score (nSPS) is 14.9. The van der Waals surface area contributed by atoms with E-state index in [1.54, 1.807) is 4.90 Å². The molecule has 7 nitrogen and oxygen atoms in total. The maximum absolute atomic E-state index is 13.3. The second-order valence-electron chi connectivity index (χ2n) is 8.77. The van der Waals surface area contributed by atoms with Crippen molar-refractivity contribution in [2.45, 2.75) is 25.6 Å². The molecule has 34 heavy (non-hydrogen) atoms. The third-order valence-electron chi connectivity index (χ3n) is 6.03. The highest BCUT2D eigenvalue weighted by Gasteiger charge is 2.35. The number of hydrogen-bond donors (Lipinski definition) is 0. The van der Waals surface area contributed by atoms with Crippen LogP contribution in [0.5, 0.6) is 0 Å². The van der Waals surface area contributed by atoms with E-state index in [-0.39, 0.29) is 17.5 Å². The molecule has 0 aromatic heterocycles. The molecule has 0 radical (unpaired) electrons. The van der Waals surface area contributed by atoms with Crippen LogP contribution in [0.4, 0.5) is 24.5 Å². The highest BCUT2D eigenvalue weighted by Crippen LogP contribution is 2.37. The van der Waals surface area contributed by atoms with E-state index < -0.39 is 22.4 Å². The number of rotatable bonds is 8. The van der Waals surface area contributed by atoms with E-state index in [1.807, 2.05) is 54.2 Å². The Hall–Kier alpha value is -3.14. The fraction of sp³-hybridized carbons (Fsp3) is 0.458. The van der Waals surface area contributed by atoms with Crippen LogP contribution < -0.4 is 4.90 Å². The van der Waals surface area contributed by atoms with Gasteiger partial charge in [0, 0.05) is 44.7 Å². The van der Waals surface area contributed by atoms with Crippen LogP contribution in [0.2, 0.25) is 0 Å². The maximum atomic E-state index is 13.3. The summed E-state index contributed by atoms with van der Waals surface area (Å²) in [5.74, 6) is -0.206. The molecule has 0 unspecified atom stereocenters. The van der Waals surface area contributed by atoms with Crippen LogP contribution >= 0.6 is 0 Å². The largest absolute Gasteiger partial charge is 0.416 e. The standard InChI is InChI=1S/C24H29F3N4O3/c1-28(2)14-15-30(17-18-6-4-3-5-7-18)23(32)19-10-12-29(13-11-19)21-9-8-20(24(25,26)27)16-22(21)31(33)34/h3-9,16,19H,10-15,17H2,1-2H3. The van der Waals surface area contributed by atoms with Crippen molar-refractivity contribution in [1.29, 1.82) is 0 Å². The summed E-state index contributed by atoms with van der Waals surface area (Å²) in [4.78, 5) is 29.6. The molecule has 0 spiro atoms. The van der Waals surface area contributed by atoms with Gasteiger partial charge < -0.3 is 14.7 Å². The van der Waals surface area contributed by atoms with Gasteiger partial charge in [-0.25, -0.2) is 0 Å². The van der Waals surface area contributed by atoms with Crippen molar-refractivity contribution in [3.05, 3.63) is 69.8 Å². The molecule has 1 fully saturated rings. The predicted octanol–water partition coefficient (Wildman–Crippen LogP) is 4.42. The number of alkyl halides is 3. The Bertz CT molecular complexity index is 991. The first-order valence-electron chi connectivity index (χ1n) is 11.1. The van der Waals surface area contributed by atoms with Gasteiger partial charge in [-0.05, 0) is 44.6 Å². The van der Waals surface area contributed by atoms with Crippen LogP contribution in [-0.4, -0.2) is 60.9 Å². The van der Waals surface area contributed by atoms with E-state index in [1.165, 1.54) is 0 Å². The molecular formula is C24H29F3N4O3. The van der Waals surface area contributed by atoms with Crippen molar-refractivity contribution in [1.82, 2.24) is 9.80 Å². The molecule has 1 aliphatic rings. The van der Waals surface area contributed by atoms with Crippen LogP contribution in [0.25, 0.3) is 0 Å². The summed E-state index contributed by atoms with van der Waals surface area (Å²) in [7, 11) is 3.89. The number of hydrogen-bond acceptors (Lipinski definition) is 5. The molecule has 10 heteroatoms. The highest BCUT2D eigenvalue weighted by atomic mass is 19.4. The van der Waals surface area contributed by atoms with E-state index in [0.717, 1.165) is 24.2 Å². The molecule has 0 saturated carbocycles. The number of carbonyl (C=O) groups is 1. The SMILES string of the molecule is CN(C)CCN(Cc1ccccc1)C(=O)C1CCN(c2ccc(C(F)(F)F)cc2[N+](=O)[O-])CC1. The first kappa shape index (κ1) is 25.5. The summed E-state index contributed by atoms with van der Waals surface area (Å²) in [6.07, 6.45) is -3.70. The van der Waals surface area contributed by atoms with Gasteiger partial charge in [-0.15, -0.1) is 0 Å². The van der Waals surface area contributed by atoms with E-state index >= 15 is 0 Å². The van der Waals surface area contributed by atoms with Gasteiger partial charge in [-0.1, -0.05) is 30.3 Å². The van der Waals surface area contributed by atoms with Crippen molar-refractivity contribution in [2.24, 2.45) is 5.92 Å². The van der Waals surface area contributed by atoms with Crippen LogP contribution in [0.15, 0.2) is 48.5 Å². The first-order valence-corrected chi connectivity index (χ1v) is 11.1. The lowest BCUT2D eigenvalue weighted by atomic mass is 9.94. The van der Waals surface area contributed by atoms with Gasteiger partial charge in [0.05, 0.1) is 10.5 Å². The quantitative estimate of drug-likeness (QED) is 0.415. The molecule has 2 aromatic rings. The zero-order chi connectivity index (χ0) is 24.9. The molecule has 1 saturated heterocycles. The van der Waals surface area contributed by atoms with Gasteiger partial charge in [-0.3, -0.25) is 14.9 Å². The minimum atomic E-state index is -4.66. The van der Waals surface area contributed by atoms with Gasteiger partial charge in [0.25, 0.3) is 5.69 Å². The maximum Gasteiger partial charge on any atom is 0.416 e. The minimum Gasteiger partial charge on any atom is -0.366 e. The lowest BCUT2D eigenvalue weighted by molar-refractivity contribution is -0.384. The van der Waals surface area contributed by atoms with Crippen molar-refractivity contribution < 1.29 is 22.9 Å². The molecule has 0 bridgehead atoms. The van der Waals surface area contributed by atoms with Gasteiger partial charge >= 0.3 is 6.18 Å². The van der Waals surface area contributed by atoms with Gasteiger partial charge in [-0.2, -0.15) is 13.2 Å². The Morgan fingerprint density at radius 2 is 1.74 bits per heavy atom. The van der Waals surface area contributed by atoms with E-state index in [0.29, 0.717) is 45.1 Å². The van der Waals surface area contributed by atoms with Gasteiger partial charge in [0.2, 0.25) is 5.91 Å². The van der Waals surface area contributed by atoms with E-state index in [4.69, 9.17) is 0 Å². The number of halogens is 3. The summed E-state index contributed by atoms with van der Waals surface area (Å²) in [6, 6.07) is 12.3. The Labute approximate surface area is 196 Å². The summed E-state index contributed by atoms with van der Waals surface area (Å²) in [5.41, 5.74) is -0.438. The lowest BCUT2D eigenvalue weighted by Crippen LogP contribution is -2.44. The summed E-state index contributed by atoms with van der Waals surface area (Å²) < 4.78 is 39.0. The molecular weight excluding hydrogens is 449 g/mol. The van der Waals surface area contributed by atoms with Crippen LogP contribution in [0, 0.1) is 16.0 Å². The second-order valence-corrected chi connectivity index (χ2v) is 8.77. The average Bonchev–Trinajstić information content (AvgIpc) is 2.81. The molecule has 1 heterocycles. The van der Waals surface area contributed by atoms with Crippen molar-refractivity contribution in [2.75, 3.05) is 45.2 Å². The number of anilines is 1. The molecule has 0 N–H and O–H groups in total. The third-order valence-corrected chi connectivity index (χ3v) is 6.03. The van der Waals surface area contributed by atoms with E-state index in [9.17, 15) is 28.1 Å². The molecule has 184 valence electrons. The van der Waals surface area contributed by atoms with Crippen LogP contribution in [-0.2, 0) is 17.5 Å². The van der Waals surface area contributed by atoms with Crippen molar-refractivity contribution in [3.63, 3.8) is 0 Å². The number of piperidine rings is 1. The summed E-state index contributed by atoms with van der Waals surface area (Å²) >= 11 is 0. The third kappa shape index (κ3) is 6.47. The Morgan fingerprint density at radius 3 is 2.29 bits per heavy atom. The highest BCUT2D eigenvalue weighted by molar-refractivity contribution is 5.79. The number of nitro benzene ring substituents is 1. The van der Waals surface area contributed by atoms with E-state index in [2.05, 4.69) is 0 Å². The number of benzene rings is 2. The summed E-state index contributed by atoms with van der Waals surface area (Å²) in [6.45, 7) is 2.50. The van der Waals surface area contributed by atoms with Gasteiger partial charge in [0.15, 0.2) is 0 Å². The predicted molar refractivity (Wildman–Crippen MR) is 123 cm³/mol. The van der Waals surface area contributed by atoms with Crippen LogP contribution in [0.3, 0.4) is 0 Å². The molecule has 3 rings (SSSR count). The molecule has 2 aromatic carbocycles. The lowest BCUT2D eigenvalue weighted by Gasteiger charge is -2.35. The minimum absolute atomic E-state index is 0.0345. The fourth-order valence-electron chi connectivity index (χ4n) is 4.13. The smallest absolute Gasteiger partial charge is 0.366 e. The fourth-order valence-corrected chi connectivity index (χ4v) is 4.13. The first-order chi connectivity index (χ1) is 16.1. The molecule has 1 amide bonds. The molecule has 0 atom stereocenters. The van der Waals surface area contributed by atoms with Crippen LogP contribution in [0.1, 0.15) is 24.0 Å². The molecule has 0 aliphatic carbocycles. The monoisotopic (exact) mass is 478 g/mol. The number of amides is 1. The molecule has 1 aliphatic heterocycles. The Kier molecular flexibility index (Phi) is 8.14.